The number of allylic oxidation sites excluding steroid dienone is 1. The number of likely N-dealkylation sites (tertiary alicyclic amines) is 1. The Bertz CT molecular complexity index is 567. The van der Waals surface area contributed by atoms with E-state index < -0.39 is 0 Å². The van der Waals surface area contributed by atoms with E-state index in [1.165, 1.54) is 0 Å². The van der Waals surface area contributed by atoms with Gasteiger partial charge in [0.25, 0.3) is 5.91 Å². The Balaban J connectivity index is 1.66. The molecule has 6 nitrogen and oxygen atoms in total. The molecule has 2 aliphatic heterocycles. The summed E-state index contributed by atoms with van der Waals surface area (Å²) in [6, 6.07) is -0.146. The van der Waals surface area contributed by atoms with E-state index in [-0.39, 0.29) is 29.8 Å². The zero-order chi connectivity index (χ0) is 15.5. The summed E-state index contributed by atoms with van der Waals surface area (Å²) in [4.78, 5) is 30.0. The van der Waals surface area contributed by atoms with Crippen LogP contribution in [0.3, 0.4) is 0 Å². The smallest absolute Gasteiger partial charge is 0.290 e. The molecule has 2 aliphatic rings. The van der Waals surface area contributed by atoms with Crippen LogP contribution >= 0.6 is 0 Å². The summed E-state index contributed by atoms with van der Waals surface area (Å²) in [5.41, 5.74) is 0. The Kier molecular flexibility index (Phi) is 4.27. The molecule has 3 unspecified atom stereocenters. The molecular formula is C16H21N3O3. The topological polar surface area (TPSA) is 64.4 Å². The molecular weight excluding hydrogens is 282 g/mol. The zero-order valence-electron chi connectivity index (χ0n) is 12.7. The van der Waals surface area contributed by atoms with Gasteiger partial charge >= 0.3 is 0 Å². The van der Waals surface area contributed by atoms with Crippen LogP contribution in [-0.4, -0.2) is 44.8 Å². The van der Waals surface area contributed by atoms with Gasteiger partial charge in [0.15, 0.2) is 0 Å². The van der Waals surface area contributed by atoms with Crippen molar-refractivity contribution in [2.75, 3.05) is 6.54 Å². The number of carbonyl (C=O) groups excluding carboxylic acids is 2. The third-order valence-electron chi connectivity index (χ3n) is 4.48. The van der Waals surface area contributed by atoms with Crippen molar-refractivity contribution in [2.24, 2.45) is 5.92 Å². The van der Waals surface area contributed by atoms with Crippen molar-refractivity contribution in [1.82, 2.24) is 14.5 Å². The fourth-order valence-corrected chi connectivity index (χ4v) is 3.32. The van der Waals surface area contributed by atoms with Crippen LogP contribution in [0.4, 0.5) is 0 Å². The highest BCUT2D eigenvalue weighted by Gasteiger charge is 2.48. The molecule has 1 aromatic rings. The number of hydrogen-bond acceptors (Lipinski definition) is 4. The predicted octanol–water partition coefficient (Wildman–Crippen LogP) is 1.38. The van der Waals surface area contributed by atoms with Crippen molar-refractivity contribution >= 4 is 11.7 Å². The molecule has 1 amide bonds. The van der Waals surface area contributed by atoms with Gasteiger partial charge in [-0.2, -0.15) is 0 Å². The van der Waals surface area contributed by atoms with Gasteiger partial charge in [0, 0.05) is 31.4 Å². The minimum Gasteiger partial charge on any atom is -0.496 e. The SMILES string of the molecule is CC1C(=O)C(=O)N(CCCn2ccnc2)C1C1CCC=CO1. The Labute approximate surface area is 129 Å². The highest BCUT2D eigenvalue weighted by molar-refractivity contribution is 6.39. The number of nitrogens with zero attached hydrogens (tertiary/aromatic N) is 3. The summed E-state index contributed by atoms with van der Waals surface area (Å²) in [5, 5.41) is 0. The molecule has 1 aromatic heterocycles. The molecule has 0 radical (unpaired) electrons. The van der Waals surface area contributed by atoms with Crippen LogP contribution < -0.4 is 0 Å². The van der Waals surface area contributed by atoms with Crippen molar-refractivity contribution in [1.29, 1.82) is 0 Å². The van der Waals surface area contributed by atoms with Gasteiger partial charge < -0.3 is 14.2 Å². The maximum atomic E-state index is 12.2. The van der Waals surface area contributed by atoms with Crippen LogP contribution in [0.5, 0.6) is 0 Å². The predicted molar refractivity (Wildman–Crippen MR) is 79.8 cm³/mol. The fraction of sp³-hybridized carbons (Fsp3) is 0.562. The lowest BCUT2D eigenvalue weighted by Gasteiger charge is -2.33. The lowest BCUT2D eigenvalue weighted by Crippen LogP contribution is -2.45. The lowest BCUT2D eigenvalue weighted by atomic mass is 9.93. The van der Waals surface area contributed by atoms with Gasteiger partial charge in [-0.3, -0.25) is 9.59 Å². The third kappa shape index (κ3) is 2.77. The number of ether oxygens (including phenoxy) is 1. The molecule has 0 aliphatic carbocycles. The standard InChI is InChI=1S/C16H21N3O3/c1-12-14(13-5-2-3-10-22-13)19(16(21)15(12)20)8-4-7-18-9-6-17-11-18/h3,6,9-14H,2,4-5,7-8H2,1H3. The average Bonchev–Trinajstić information content (AvgIpc) is 3.12. The van der Waals surface area contributed by atoms with Gasteiger partial charge in [-0.05, 0) is 25.3 Å². The van der Waals surface area contributed by atoms with E-state index in [1.807, 2.05) is 23.8 Å². The average molecular weight is 303 g/mol. The summed E-state index contributed by atoms with van der Waals surface area (Å²) < 4.78 is 7.64. The Morgan fingerprint density at radius 1 is 1.36 bits per heavy atom. The molecule has 3 atom stereocenters. The normalized spacial score (nSPS) is 28.2. The van der Waals surface area contributed by atoms with Crippen LogP contribution in [0.1, 0.15) is 26.2 Å². The quantitative estimate of drug-likeness (QED) is 0.771. The minimum absolute atomic E-state index is 0.0800. The van der Waals surface area contributed by atoms with Gasteiger partial charge in [-0.15, -0.1) is 0 Å². The first-order chi connectivity index (χ1) is 10.7. The Hall–Kier alpha value is -2.11. The van der Waals surface area contributed by atoms with E-state index in [4.69, 9.17) is 4.74 Å². The van der Waals surface area contributed by atoms with E-state index in [0.29, 0.717) is 6.54 Å². The van der Waals surface area contributed by atoms with E-state index in [0.717, 1.165) is 25.8 Å². The molecule has 3 heterocycles. The van der Waals surface area contributed by atoms with Crippen molar-refractivity contribution in [3.63, 3.8) is 0 Å². The zero-order valence-corrected chi connectivity index (χ0v) is 12.7. The highest BCUT2D eigenvalue weighted by Crippen LogP contribution is 2.30. The number of aryl methyl sites for hydroxylation is 1. The van der Waals surface area contributed by atoms with Crippen LogP contribution in [-0.2, 0) is 20.9 Å². The van der Waals surface area contributed by atoms with Crippen molar-refractivity contribution in [2.45, 2.75) is 44.9 Å². The second kappa shape index (κ2) is 6.34. The number of carbonyl (C=O) groups is 2. The largest absolute Gasteiger partial charge is 0.496 e. The van der Waals surface area contributed by atoms with E-state index >= 15 is 0 Å². The summed E-state index contributed by atoms with van der Waals surface area (Å²) in [6.07, 6.45) is 11.5. The molecule has 22 heavy (non-hydrogen) atoms. The number of Topliss-reactive ketones (excluding diaryl/α,β-unsaturated/α-hetero) is 1. The number of aromatic nitrogens is 2. The molecule has 0 N–H and O–H groups in total. The summed E-state index contributed by atoms with van der Waals surface area (Å²) in [6.45, 7) is 3.19. The second-order valence-electron chi connectivity index (χ2n) is 5.92. The Morgan fingerprint density at radius 2 is 2.23 bits per heavy atom. The first-order valence-electron chi connectivity index (χ1n) is 7.79. The molecule has 118 valence electrons. The minimum atomic E-state index is -0.360. The van der Waals surface area contributed by atoms with E-state index in [1.54, 1.807) is 23.7 Å². The molecule has 0 aromatic carbocycles. The number of imidazole rings is 1. The van der Waals surface area contributed by atoms with Gasteiger partial charge in [0.1, 0.15) is 6.10 Å². The molecule has 6 heteroatoms. The van der Waals surface area contributed by atoms with E-state index in [2.05, 4.69) is 4.98 Å². The van der Waals surface area contributed by atoms with Crippen molar-refractivity contribution in [3.05, 3.63) is 31.1 Å². The first kappa shape index (κ1) is 14.8. The van der Waals surface area contributed by atoms with Crippen LogP contribution in [0, 0.1) is 5.92 Å². The first-order valence-corrected chi connectivity index (χ1v) is 7.79. The second-order valence-corrected chi connectivity index (χ2v) is 5.92. The molecule has 1 fully saturated rings. The van der Waals surface area contributed by atoms with Gasteiger partial charge in [-0.1, -0.05) is 6.92 Å². The van der Waals surface area contributed by atoms with Gasteiger partial charge in [0.2, 0.25) is 5.78 Å². The maximum absolute atomic E-state index is 12.2. The molecule has 3 rings (SSSR count). The van der Waals surface area contributed by atoms with Crippen molar-refractivity contribution in [3.8, 4) is 0 Å². The number of amides is 1. The van der Waals surface area contributed by atoms with Gasteiger partial charge in [-0.25, -0.2) is 4.98 Å². The number of ketones is 1. The van der Waals surface area contributed by atoms with Crippen molar-refractivity contribution < 1.29 is 14.3 Å². The highest BCUT2D eigenvalue weighted by atomic mass is 16.5. The number of hydrogen-bond donors (Lipinski definition) is 0. The lowest BCUT2D eigenvalue weighted by molar-refractivity contribution is -0.141. The molecule has 1 saturated heterocycles. The molecule has 0 bridgehead atoms. The van der Waals surface area contributed by atoms with Crippen LogP contribution in [0.2, 0.25) is 0 Å². The van der Waals surface area contributed by atoms with Crippen LogP contribution in [0.15, 0.2) is 31.1 Å². The molecule has 0 spiro atoms. The number of rotatable bonds is 5. The summed E-state index contributed by atoms with van der Waals surface area (Å²) in [5.74, 6) is -0.940. The fourth-order valence-electron chi connectivity index (χ4n) is 3.32. The summed E-state index contributed by atoms with van der Waals surface area (Å²) >= 11 is 0. The third-order valence-corrected chi connectivity index (χ3v) is 4.48. The summed E-state index contributed by atoms with van der Waals surface area (Å²) in [7, 11) is 0. The van der Waals surface area contributed by atoms with E-state index in [9.17, 15) is 9.59 Å². The monoisotopic (exact) mass is 303 g/mol. The maximum Gasteiger partial charge on any atom is 0.290 e. The van der Waals surface area contributed by atoms with Crippen LogP contribution in [0.25, 0.3) is 0 Å². The molecule has 0 saturated carbocycles. The van der Waals surface area contributed by atoms with Gasteiger partial charge in [0.05, 0.1) is 18.6 Å². The Morgan fingerprint density at radius 3 is 2.91 bits per heavy atom.